The van der Waals surface area contributed by atoms with Gasteiger partial charge in [0.05, 0.1) is 29.0 Å². The molecule has 0 radical (unpaired) electrons. The van der Waals surface area contributed by atoms with Crippen LogP contribution in [0.4, 0.5) is 5.69 Å². The van der Waals surface area contributed by atoms with Crippen molar-refractivity contribution in [2.75, 3.05) is 19.0 Å². The van der Waals surface area contributed by atoms with E-state index in [9.17, 15) is 0 Å². The van der Waals surface area contributed by atoms with Crippen LogP contribution in [0.15, 0.2) is 47.1 Å². The van der Waals surface area contributed by atoms with E-state index >= 15 is 0 Å². The average Bonchev–Trinajstić information content (AvgIpc) is 2.43. The van der Waals surface area contributed by atoms with Crippen LogP contribution in [0.3, 0.4) is 0 Å². The topological polar surface area (TPSA) is 34.1 Å². The van der Waals surface area contributed by atoms with E-state index in [0.717, 1.165) is 15.7 Å². The van der Waals surface area contributed by atoms with E-state index in [1.165, 1.54) is 0 Å². The molecule has 0 aliphatic carbocycles. The summed E-state index contributed by atoms with van der Waals surface area (Å²) in [5, 5.41) is 3.84. The van der Waals surface area contributed by atoms with Crippen molar-refractivity contribution in [2.45, 2.75) is 6.04 Å². The number of methoxy groups -OCH3 is 1. The fourth-order valence-corrected chi connectivity index (χ4v) is 2.23. The molecule has 1 unspecified atom stereocenters. The molecule has 1 heterocycles. The first-order valence-electron chi connectivity index (χ1n) is 5.82. The minimum Gasteiger partial charge on any atom is -0.382 e. The van der Waals surface area contributed by atoms with Gasteiger partial charge in [0, 0.05) is 7.11 Å². The second-order valence-electron chi connectivity index (χ2n) is 4.06. The molecule has 0 bridgehead atoms. The zero-order chi connectivity index (χ0) is 13.7. The van der Waals surface area contributed by atoms with E-state index in [4.69, 9.17) is 16.3 Å². The Morgan fingerprint density at radius 2 is 2.11 bits per heavy atom. The van der Waals surface area contributed by atoms with Gasteiger partial charge in [-0.2, -0.15) is 0 Å². The smallest absolute Gasteiger partial charge is 0.143 e. The Morgan fingerprint density at radius 3 is 2.74 bits per heavy atom. The van der Waals surface area contributed by atoms with Crippen molar-refractivity contribution in [3.63, 3.8) is 0 Å². The number of nitrogens with one attached hydrogen (secondary N) is 1. The standard InChI is InChI=1S/C14H14BrClN2O/c1-19-9-13(10-5-3-2-4-6-10)18-11-7-12(15)14(16)17-8-11/h2-8,13,18H,9H2,1H3. The molecule has 0 spiro atoms. The number of pyridine rings is 1. The molecule has 100 valence electrons. The Hall–Kier alpha value is -1.10. The SMILES string of the molecule is COCC(Nc1cnc(Cl)c(Br)c1)c1ccccc1. The number of aromatic nitrogens is 1. The number of anilines is 1. The summed E-state index contributed by atoms with van der Waals surface area (Å²) < 4.78 is 6.03. The highest BCUT2D eigenvalue weighted by Gasteiger charge is 2.11. The van der Waals surface area contributed by atoms with Gasteiger partial charge in [0.15, 0.2) is 0 Å². The molecular weight excluding hydrogens is 328 g/mol. The molecular formula is C14H14BrClN2O. The molecule has 0 saturated heterocycles. The lowest BCUT2D eigenvalue weighted by Gasteiger charge is -2.19. The Bertz CT molecular complexity index is 536. The molecule has 19 heavy (non-hydrogen) atoms. The Labute approximate surface area is 126 Å². The van der Waals surface area contributed by atoms with Crippen LogP contribution in [0, 0.1) is 0 Å². The minimum atomic E-state index is 0.0704. The molecule has 2 aromatic rings. The number of hydrogen-bond donors (Lipinski definition) is 1. The molecule has 1 N–H and O–H groups in total. The van der Waals surface area contributed by atoms with Crippen molar-refractivity contribution < 1.29 is 4.74 Å². The van der Waals surface area contributed by atoms with Crippen LogP contribution in [-0.2, 0) is 4.74 Å². The maximum Gasteiger partial charge on any atom is 0.143 e. The quantitative estimate of drug-likeness (QED) is 0.823. The van der Waals surface area contributed by atoms with Crippen molar-refractivity contribution >= 4 is 33.2 Å². The Balaban J connectivity index is 2.19. The molecule has 1 atom stereocenters. The van der Waals surface area contributed by atoms with Gasteiger partial charge < -0.3 is 10.1 Å². The van der Waals surface area contributed by atoms with Gasteiger partial charge in [0.2, 0.25) is 0 Å². The predicted molar refractivity (Wildman–Crippen MR) is 81.6 cm³/mol. The lowest BCUT2D eigenvalue weighted by molar-refractivity contribution is 0.186. The second kappa shape index (κ2) is 6.89. The van der Waals surface area contributed by atoms with Crippen LogP contribution in [0.1, 0.15) is 11.6 Å². The number of ether oxygens (including phenoxy) is 1. The number of nitrogens with zero attached hydrogens (tertiary/aromatic N) is 1. The largest absolute Gasteiger partial charge is 0.382 e. The highest BCUT2D eigenvalue weighted by molar-refractivity contribution is 9.10. The van der Waals surface area contributed by atoms with E-state index in [-0.39, 0.29) is 6.04 Å². The summed E-state index contributed by atoms with van der Waals surface area (Å²) in [5.41, 5.74) is 2.05. The highest BCUT2D eigenvalue weighted by atomic mass is 79.9. The van der Waals surface area contributed by atoms with E-state index in [1.807, 2.05) is 24.3 Å². The lowest BCUT2D eigenvalue weighted by Crippen LogP contribution is -2.16. The molecule has 0 aliphatic rings. The predicted octanol–water partition coefficient (Wildman–Crippen LogP) is 4.30. The Morgan fingerprint density at radius 1 is 1.37 bits per heavy atom. The second-order valence-corrected chi connectivity index (χ2v) is 5.27. The van der Waals surface area contributed by atoms with Crippen LogP contribution < -0.4 is 5.32 Å². The van der Waals surface area contributed by atoms with Crippen molar-refractivity contribution in [2.24, 2.45) is 0 Å². The molecule has 1 aromatic carbocycles. The summed E-state index contributed by atoms with van der Waals surface area (Å²) in [6.07, 6.45) is 1.71. The fourth-order valence-electron chi connectivity index (χ4n) is 1.77. The Kier molecular flexibility index (Phi) is 5.19. The number of halogens is 2. The normalized spacial score (nSPS) is 12.2. The maximum absolute atomic E-state index is 5.88. The summed E-state index contributed by atoms with van der Waals surface area (Å²) >= 11 is 9.25. The molecule has 5 heteroatoms. The molecule has 0 saturated carbocycles. The lowest BCUT2D eigenvalue weighted by atomic mass is 10.1. The summed E-state index contributed by atoms with van der Waals surface area (Å²) in [4.78, 5) is 4.10. The van der Waals surface area contributed by atoms with Gasteiger partial charge in [0.25, 0.3) is 0 Å². The van der Waals surface area contributed by atoms with Crippen LogP contribution in [0.5, 0.6) is 0 Å². The van der Waals surface area contributed by atoms with Crippen LogP contribution in [0.2, 0.25) is 5.15 Å². The van der Waals surface area contributed by atoms with E-state index < -0.39 is 0 Å². The summed E-state index contributed by atoms with van der Waals surface area (Å²) in [6.45, 7) is 0.574. The van der Waals surface area contributed by atoms with Gasteiger partial charge in [-0.05, 0) is 27.6 Å². The van der Waals surface area contributed by atoms with Crippen LogP contribution >= 0.6 is 27.5 Å². The van der Waals surface area contributed by atoms with Gasteiger partial charge in [-0.1, -0.05) is 41.9 Å². The van der Waals surface area contributed by atoms with Crippen molar-refractivity contribution in [1.29, 1.82) is 0 Å². The molecule has 1 aromatic heterocycles. The summed E-state index contributed by atoms with van der Waals surface area (Å²) in [6, 6.07) is 12.1. The van der Waals surface area contributed by atoms with Crippen molar-refractivity contribution in [3.8, 4) is 0 Å². The molecule has 3 nitrogen and oxygen atoms in total. The summed E-state index contributed by atoms with van der Waals surface area (Å²) in [7, 11) is 1.69. The average molecular weight is 342 g/mol. The van der Waals surface area contributed by atoms with Crippen LogP contribution in [0.25, 0.3) is 0 Å². The molecule has 2 rings (SSSR count). The van der Waals surface area contributed by atoms with Gasteiger partial charge in [-0.15, -0.1) is 0 Å². The van der Waals surface area contributed by atoms with Crippen molar-refractivity contribution in [3.05, 3.63) is 57.8 Å². The number of hydrogen-bond acceptors (Lipinski definition) is 3. The third-order valence-electron chi connectivity index (χ3n) is 2.67. The fraction of sp³-hybridized carbons (Fsp3) is 0.214. The monoisotopic (exact) mass is 340 g/mol. The first kappa shape index (κ1) is 14.3. The first-order chi connectivity index (χ1) is 9.20. The van der Waals surface area contributed by atoms with Gasteiger partial charge in [-0.3, -0.25) is 0 Å². The first-order valence-corrected chi connectivity index (χ1v) is 6.99. The van der Waals surface area contributed by atoms with Gasteiger partial charge >= 0.3 is 0 Å². The third-order valence-corrected chi connectivity index (χ3v) is 3.81. The van der Waals surface area contributed by atoms with E-state index in [0.29, 0.717) is 11.8 Å². The van der Waals surface area contributed by atoms with Crippen molar-refractivity contribution in [1.82, 2.24) is 4.98 Å². The number of rotatable bonds is 5. The molecule has 0 fully saturated rings. The zero-order valence-corrected chi connectivity index (χ0v) is 12.8. The van der Waals surface area contributed by atoms with Crippen LogP contribution in [-0.4, -0.2) is 18.7 Å². The summed E-state index contributed by atoms with van der Waals surface area (Å²) in [5.74, 6) is 0. The molecule has 0 amide bonds. The van der Waals surface area contributed by atoms with Gasteiger partial charge in [-0.25, -0.2) is 4.98 Å². The minimum absolute atomic E-state index is 0.0704. The van der Waals surface area contributed by atoms with E-state index in [2.05, 4.69) is 38.4 Å². The third kappa shape index (κ3) is 3.93. The number of benzene rings is 1. The zero-order valence-electron chi connectivity index (χ0n) is 10.4. The van der Waals surface area contributed by atoms with E-state index in [1.54, 1.807) is 13.3 Å². The highest BCUT2D eigenvalue weighted by Crippen LogP contribution is 2.25. The van der Waals surface area contributed by atoms with Gasteiger partial charge in [0.1, 0.15) is 5.15 Å². The molecule has 0 aliphatic heterocycles. The maximum atomic E-state index is 5.88.